The highest BCUT2D eigenvalue weighted by Crippen LogP contribution is 2.17. The van der Waals surface area contributed by atoms with Gasteiger partial charge >= 0.3 is 0 Å². The first kappa shape index (κ1) is 21.3. The standard InChI is InChI=1S/C22H30N4O2/c1-5-23-22(25-15-19-10-9-16(2)13-17(19)3)24-11-12-28-21-8-6-7-20(14-21)26-18(4)27/h6-10,13-14H,5,11-12,15H2,1-4H3,(H,26,27)(H2,23,24,25). The number of carbonyl (C=O) groups excluding carboxylic acids is 1. The van der Waals surface area contributed by atoms with Crippen LogP contribution in [0.15, 0.2) is 47.5 Å². The Balaban J connectivity index is 1.85. The van der Waals surface area contributed by atoms with Crippen LogP contribution in [0.1, 0.15) is 30.5 Å². The zero-order chi connectivity index (χ0) is 20.4. The minimum Gasteiger partial charge on any atom is -0.492 e. The fourth-order valence-electron chi connectivity index (χ4n) is 2.73. The van der Waals surface area contributed by atoms with E-state index in [1.165, 1.54) is 23.6 Å². The minimum absolute atomic E-state index is 0.103. The molecule has 0 aromatic heterocycles. The highest BCUT2D eigenvalue weighted by molar-refractivity contribution is 5.88. The predicted octanol–water partition coefficient (Wildman–Crippen LogP) is 3.40. The Morgan fingerprint density at radius 1 is 1.11 bits per heavy atom. The van der Waals surface area contributed by atoms with Gasteiger partial charge in [-0.05, 0) is 44.0 Å². The smallest absolute Gasteiger partial charge is 0.221 e. The maximum absolute atomic E-state index is 11.1. The lowest BCUT2D eigenvalue weighted by molar-refractivity contribution is -0.114. The minimum atomic E-state index is -0.103. The lowest BCUT2D eigenvalue weighted by Crippen LogP contribution is -2.39. The van der Waals surface area contributed by atoms with Crippen LogP contribution in [0.3, 0.4) is 0 Å². The summed E-state index contributed by atoms with van der Waals surface area (Å²) in [6.45, 7) is 10.2. The van der Waals surface area contributed by atoms with Crippen LogP contribution in [0.2, 0.25) is 0 Å². The molecule has 0 saturated heterocycles. The number of amides is 1. The zero-order valence-electron chi connectivity index (χ0n) is 17.1. The van der Waals surface area contributed by atoms with Gasteiger partial charge < -0.3 is 20.7 Å². The molecule has 6 heteroatoms. The van der Waals surface area contributed by atoms with E-state index >= 15 is 0 Å². The van der Waals surface area contributed by atoms with Crippen LogP contribution in [0, 0.1) is 13.8 Å². The van der Waals surface area contributed by atoms with Crippen LogP contribution in [-0.4, -0.2) is 31.6 Å². The molecule has 2 aromatic carbocycles. The van der Waals surface area contributed by atoms with E-state index < -0.39 is 0 Å². The number of aliphatic imine (C=N–C) groups is 1. The van der Waals surface area contributed by atoms with Gasteiger partial charge in [-0.25, -0.2) is 4.99 Å². The molecule has 0 unspecified atom stereocenters. The van der Waals surface area contributed by atoms with Gasteiger partial charge in [0, 0.05) is 25.2 Å². The lowest BCUT2D eigenvalue weighted by Gasteiger charge is -2.13. The number of anilines is 1. The van der Waals surface area contributed by atoms with Gasteiger partial charge in [0.2, 0.25) is 5.91 Å². The van der Waals surface area contributed by atoms with Crippen LogP contribution in [0.25, 0.3) is 0 Å². The van der Waals surface area contributed by atoms with Gasteiger partial charge in [-0.1, -0.05) is 29.8 Å². The summed E-state index contributed by atoms with van der Waals surface area (Å²) in [5.74, 6) is 1.37. The van der Waals surface area contributed by atoms with Gasteiger partial charge in [-0.2, -0.15) is 0 Å². The number of nitrogens with one attached hydrogen (secondary N) is 3. The van der Waals surface area contributed by atoms with Crippen molar-refractivity contribution in [3.63, 3.8) is 0 Å². The van der Waals surface area contributed by atoms with Crippen LogP contribution in [-0.2, 0) is 11.3 Å². The van der Waals surface area contributed by atoms with Gasteiger partial charge in [0.25, 0.3) is 0 Å². The van der Waals surface area contributed by atoms with Gasteiger partial charge in [-0.3, -0.25) is 4.79 Å². The molecule has 2 aromatic rings. The Morgan fingerprint density at radius 3 is 2.64 bits per heavy atom. The summed E-state index contributed by atoms with van der Waals surface area (Å²) < 4.78 is 5.76. The molecule has 0 radical (unpaired) electrons. The number of nitrogens with zero attached hydrogens (tertiary/aromatic N) is 1. The highest BCUT2D eigenvalue weighted by atomic mass is 16.5. The molecule has 0 atom stereocenters. The Labute approximate surface area is 167 Å². The third-order valence-corrected chi connectivity index (χ3v) is 4.07. The van der Waals surface area contributed by atoms with Crippen molar-refractivity contribution in [2.75, 3.05) is 25.0 Å². The Hall–Kier alpha value is -3.02. The van der Waals surface area contributed by atoms with Gasteiger partial charge in [0.1, 0.15) is 12.4 Å². The van der Waals surface area contributed by atoms with Crippen LogP contribution in [0.4, 0.5) is 5.69 Å². The summed E-state index contributed by atoms with van der Waals surface area (Å²) in [6.07, 6.45) is 0. The van der Waals surface area contributed by atoms with Crippen molar-refractivity contribution in [3.8, 4) is 5.75 Å². The number of carbonyl (C=O) groups is 1. The van der Waals surface area contributed by atoms with E-state index in [2.05, 4.69) is 53.0 Å². The maximum Gasteiger partial charge on any atom is 0.221 e. The molecule has 3 N–H and O–H groups in total. The molecule has 0 heterocycles. The number of hydrogen-bond acceptors (Lipinski definition) is 3. The molecular formula is C22H30N4O2. The number of rotatable bonds is 8. The second-order valence-corrected chi connectivity index (χ2v) is 6.61. The van der Waals surface area contributed by atoms with Crippen LogP contribution < -0.4 is 20.7 Å². The van der Waals surface area contributed by atoms with Crippen molar-refractivity contribution >= 4 is 17.6 Å². The third-order valence-electron chi connectivity index (χ3n) is 4.07. The van der Waals surface area contributed by atoms with Gasteiger partial charge in [0.05, 0.1) is 13.1 Å². The summed E-state index contributed by atoms with van der Waals surface area (Å²) in [5, 5.41) is 9.28. The molecule has 0 aliphatic heterocycles. The second kappa shape index (κ2) is 11.0. The zero-order valence-corrected chi connectivity index (χ0v) is 17.1. The topological polar surface area (TPSA) is 74.8 Å². The van der Waals surface area contributed by atoms with Crippen molar-refractivity contribution < 1.29 is 9.53 Å². The quantitative estimate of drug-likeness (QED) is 0.372. The molecule has 0 saturated carbocycles. The normalized spacial score (nSPS) is 11.1. The van der Waals surface area contributed by atoms with Crippen LogP contribution >= 0.6 is 0 Å². The fourth-order valence-corrected chi connectivity index (χ4v) is 2.73. The monoisotopic (exact) mass is 382 g/mol. The van der Waals surface area contributed by atoms with Gasteiger partial charge in [0.15, 0.2) is 5.96 Å². The highest BCUT2D eigenvalue weighted by Gasteiger charge is 2.02. The summed E-state index contributed by atoms with van der Waals surface area (Å²) in [6, 6.07) is 13.8. The molecule has 6 nitrogen and oxygen atoms in total. The average Bonchev–Trinajstić information content (AvgIpc) is 2.64. The molecule has 150 valence electrons. The maximum atomic E-state index is 11.1. The molecule has 0 fully saturated rings. The first-order valence-electron chi connectivity index (χ1n) is 9.56. The van der Waals surface area contributed by atoms with Crippen molar-refractivity contribution in [3.05, 3.63) is 59.2 Å². The average molecular weight is 383 g/mol. The third kappa shape index (κ3) is 7.31. The van der Waals surface area contributed by atoms with E-state index in [1.807, 2.05) is 25.1 Å². The van der Waals surface area contributed by atoms with Crippen molar-refractivity contribution in [1.82, 2.24) is 10.6 Å². The lowest BCUT2D eigenvalue weighted by atomic mass is 10.1. The van der Waals surface area contributed by atoms with Crippen molar-refractivity contribution in [1.29, 1.82) is 0 Å². The fraction of sp³-hybridized carbons (Fsp3) is 0.364. The Kier molecular flexibility index (Phi) is 8.34. The molecule has 1 amide bonds. The molecule has 0 aliphatic rings. The number of ether oxygens (including phenoxy) is 1. The van der Waals surface area contributed by atoms with Crippen molar-refractivity contribution in [2.45, 2.75) is 34.2 Å². The van der Waals surface area contributed by atoms with E-state index in [0.29, 0.717) is 25.4 Å². The molecular weight excluding hydrogens is 352 g/mol. The molecule has 0 aliphatic carbocycles. The molecule has 2 rings (SSSR count). The van der Waals surface area contributed by atoms with E-state index in [-0.39, 0.29) is 5.91 Å². The summed E-state index contributed by atoms with van der Waals surface area (Å²) in [7, 11) is 0. The van der Waals surface area contributed by atoms with E-state index in [1.54, 1.807) is 6.07 Å². The predicted molar refractivity (Wildman–Crippen MR) is 115 cm³/mol. The Bertz CT molecular complexity index is 818. The first-order chi connectivity index (χ1) is 13.5. The number of guanidine groups is 1. The summed E-state index contributed by atoms with van der Waals surface area (Å²) >= 11 is 0. The molecule has 0 bridgehead atoms. The largest absolute Gasteiger partial charge is 0.492 e. The molecule has 0 spiro atoms. The number of aryl methyl sites for hydroxylation is 2. The number of hydrogen-bond donors (Lipinski definition) is 3. The van der Waals surface area contributed by atoms with E-state index in [4.69, 9.17) is 4.74 Å². The van der Waals surface area contributed by atoms with Gasteiger partial charge in [-0.15, -0.1) is 0 Å². The summed E-state index contributed by atoms with van der Waals surface area (Å²) in [4.78, 5) is 15.8. The summed E-state index contributed by atoms with van der Waals surface area (Å²) in [5.41, 5.74) is 4.45. The first-order valence-corrected chi connectivity index (χ1v) is 9.56. The second-order valence-electron chi connectivity index (χ2n) is 6.61. The number of benzene rings is 2. The van der Waals surface area contributed by atoms with E-state index in [9.17, 15) is 4.79 Å². The van der Waals surface area contributed by atoms with E-state index in [0.717, 1.165) is 18.2 Å². The molecule has 28 heavy (non-hydrogen) atoms. The van der Waals surface area contributed by atoms with Crippen LogP contribution in [0.5, 0.6) is 5.75 Å². The SMILES string of the molecule is CCNC(=NCc1ccc(C)cc1C)NCCOc1cccc(NC(C)=O)c1. The Morgan fingerprint density at radius 2 is 1.93 bits per heavy atom. The van der Waals surface area contributed by atoms with Crippen molar-refractivity contribution in [2.24, 2.45) is 4.99 Å².